The molecule has 0 atom stereocenters. The number of anilines is 1. The highest BCUT2D eigenvalue weighted by Crippen LogP contribution is 2.26. The number of hydrogen-bond donors (Lipinski definition) is 2. The molecule has 0 radical (unpaired) electrons. The first-order valence-electron chi connectivity index (χ1n) is 7.60. The Balaban J connectivity index is 1.90. The molecule has 0 aliphatic carbocycles. The zero-order valence-electron chi connectivity index (χ0n) is 13.7. The normalized spacial score (nSPS) is 11.2. The van der Waals surface area contributed by atoms with Gasteiger partial charge in [-0.1, -0.05) is 25.1 Å². The molecule has 2 aromatic rings. The standard InChI is InChI=1S/C18H20BrN3O2/c1-3-13-7-8-17(16(19)9-13)24-11-18(23)22-21-12(2)14-5-4-6-15(20)10-14/h4-10H,3,11,20H2,1-2H3,(H,22,23)/b21-12+. The lowest BCUT2D eigenvalue weighted by Crippen LogP contribution is -2.25. The van der Waals surface area contributed by atoms with Crippen LogP contribution < -0.4 is 15.9 Å². The first kappa shape index (κ1) is 18.0. The number of halogens is 1. The van der Waals surface area contributed by atoms with Crippen molar-refractivity contribution in [2.45, 2.75) is 20.3 Å². The molecule has 0 unspecified atom stereocenters. The van der Waals surface area contributed by atoms with Gasteiger partial charge in [0.05, 0.1) is 10.2 Å². The molecular weight excluding hydrogens is 370 g/mol. The fraction of sp³-hybridized carbons (Fsp3) is 0.222. The highest BCUT2D eigenvalue weighted by molar-refractivity contribution is 9.10. The molecule has 0 saturated carbocycles. The van der Waals surface area contributed by atoms with Gasteiger partial charge in [0.25, 0.3) is 5.91 Å². The second kappa shape index (κ2) is 8.49. The van der Waals surface area contributed by atoms with Crippen LogP contribution in [0.1, 0.15) is 25.0 Å². The van der Waals surface area contributed by atoms with Crippen LogP contribution >= 0.6 is 15.9 Å². The van der Waals surface area contributed by atoms with Crippen molar-refractivity contribution in [1.82, 2.24) is 5.43 Å². The molecule has 0 aromatic heterocycles. The summed E-state index contributed by atoms with van der Waals surface area (Å²) in [5.41, 5.74) is 11.6. The second-order valence-corrected chi connectivity index (χ2v) is 6.12. The van der Waals surface area contributed by atoms with E-state index in [1.165, 1.54) is 5.56 Å². The minimum Gasteiger partial charge on any atom is -0.483 e. The van der Waals surface area contributed by atoms with E-state index in [1.807, 2.05) is 30.3 Å². The van der Waals surface area contributed by atoms with Gasteiger partial charge in [-0.2, -0.15) is 5.10 Å². The third-order valence-corrected chi connectivity index (χ3v) is 4.04. The molecule has 0 fully saturated rings. The molecule has 0 saturated heterocycles. The first-order valence-corrected chi connectivity index (χ1v) is 8.39. The van der Waals surface area contributed by atoms with Crippen LogP contribution in [0.5, 0.6) is 5.75 Å². The summed E-state index contributed by atoms with van der Waals surface area (Å²) in [7, 11) is 0. The largest absolute Gasteiger partial charge is 0.483 e. The lowest BCUT2D eigenvalue weighted by atomic mass is 10.1. The monoisotopic (exact) mass is 389 g/mol. The van der Waals surface area contributed by atoms with Gasteiger partial charge in [0.1, 0.15) is 5.75 Å². The van der Waals surface area contributed by atoms with Crippen LogP contribution in [0, 0.1) is 0 Å². The number of nitrogen functional groups attached to an aromatic ring is 1. The molecule has 0 heterocycles. The van der Waals surface area contributed by atoms with E-state index in [2.05, 4.69) is 33.4 Å². The fourth-order valence-electron chi connectivity index (χ4n) is 2.03. The lowest BCUT2D eigenvalue weighted by Gasteiger charge is -2.09. The maximum atomic E-state index is 11.9. The number of nitrogens with zero attached hydrogens (tertiary/aromatic N) is 1. The van der Waals surface area contributed by atoms with Crippen LogP contribution in [0.4, 0.5) is 5.69 Å². The van der Waals surface area contributed by atoms with Crippen molar-refractivity contribution in [2.75, 3.05) is 12.3 Å². The number of aryl methyl sites for hydroxylation is 1. The number of rotatable bonds is 6. The van der Waals surface area contributed by atoms with Crippen molar-refractivity contribution >= 4 is 33.2 Å². The quantitative estimate of drug-likeness (QED) is 0.450. The Hall–Kier alpha value is -2.34. The Morgan fingerprint density at radius 3 is 2.75 bits per heavy atom. The summed E-state index contributed by atoms with van der Waals surface area (Å²) < 4.78 is 6.33. The van der Waals surface area contributed by atoms with Gasteiger partial charge in [0, 0.05) is 5.69 Å². The topological polar surface area (TPSA) is 76.7 Å². The van der Waals surface area contributed by atoms with Crippen LogP contribution in [-0.2, 0) is 11.2 Å². The first-order chi connectivity index (χ1) is 11.5. The van der Waals surface area contributed by atoms with Crippen molar-refractivity contribution in [3.05, 3.63) is 58.1 Å². The SMILES string of the molecule is CCc1ccc(OCC(=O)N/N=C(\C)c2cccc(N)c2)c(Br)c1. The Morgan fingerprint density at radius 1 is 1.29 bits per heavy atom. The number of nitrogens with two attached hydrogens (primary N) is 1. The summed E-state index contributed by atoms with van der Waals surface area (Å²) in [6.45, 7) is 3.77. The third kappa shape index (κ3) is 5.09. The summed E-state index contributed by atoms with van der Waals surface area (Å²) in [5, 5.41) is 4.07. The summed E-state index contributed by atoms with van der Waals surface area (Å²) in [6, 6.07) is 13.1. The van der Waals surface area contributed by atoms with Crippen LogP contribution in [-0.4, -0.2) is 18.2 Å². The van der Waals surface area contributed by atoms with Crippen molar-refractivity contribution < 1.29 is 9.53 Å². The molecule has 0 bridgehead atoms. The van der Waals surface area contributed by atoms with Gasteiger partial charge in [0.2, 0.25) is 0 Å². The Morgan fingerprint density at radius 2 is 2.08 bits per heavy atom. The summed E-state index contributed by atoms with van der Waals surface area (Å²) in [4.78, 5) is 11.9. The van der Waals surface area contributed by atoms with Gasteiger partial charge >= 0.3 is 0 Å². The molecule has 24 heavy (non-hydrogen) atoms. The molecule has 1 amide bonds. The van der Waals surface area contributed by atoms with Gasteiger partial charge in [-0.15, -0.1) is 0 Å². The summed E-state index contributed by atoms with van der Waals surface area (Å²) in [6.07, 6.45) is 0.942. The van der Waals surface area contributed by atoms with Crippen LogP contribution in [0.2, 0.25) is 0 Å². The summed E-state index contributed by atoms with van der Waals surface area (Å²) in [5.74, 6) is 0.295. The number of nitrogens with one attached hydrogen (secondary N) is 1. The third-order valence-electron chi connectivity index (χ3n) is 3.42. The average Bonchev–Trinajstić information content (AvgIpc) is 2.58. The average molecular weight is 390 g/mol. The molecule has 126 valence electrons. The zero-order valence-corrected chi connectivity index (χ0v) is 15.3. The zero-order chi connectivity index (χ0) is 17.5. The number of carbonyl (C=O) groups is 1. The molecule has 0 aliphatic rings. The number of hydrazone groups is 1. The van der Waals surface area contributed by atoms with Gasteiger partial charge in [-0.25, -0.2) is 5.43 Å². The van der Waals surface area contributed by atoms with Crippen molar-refractivity contribution in [1.29, 1.82) is 0 Å². The highest BCUT2D eigenvalue weighted by Gasteiger charge is 2.06. The van der Waals surface area contributed by atoms with Gasteiger partial charge in [-0.05, 0) is 64.7 Å². The molecule has 2 rings (SSSR count). The Bertz CT molecular complexity index is 760. The van der Waals surface area contributed by atoms with Gasteiger partial charge in [-0.3, -0.25) is 4.79 Å². The van der Waals surface area contributed by atoms with E-state index in [1.54, 1.807) is 19.1 Å². The van der Waals surface area contributed by atoms with E-state index in [4.69, 9.17) is 10.5 Å². The summed E-state index contributed by atoms with van der Waals surface area (Å²) >= 11 is 3.44. The number of benzene rings is 2. The molecule has 0 aliphatic heterocycles. The number of hydrogen-bond acceptors (Lipinski definition) is 4. The lowest BCUT2D eigenvalue weighted by molar-refractivity contribution is -0.123. The molecule has 3 N–H and O–H groups in total. The van der Waals surface area contributed by atoms with E-state index in [-0.39, 0.29) is 12.5 Å². The van der Waals surface area contributed by atoms with E-state index in [9.17, 15) is 4.79 Å². The van der Waals surface area contributed by atoms with Crippen molar-refractivity contribution in [2.24, 2.45) is 5.10 Å². The minimum absolute atomic E-state index is 0.113. The van der Waals surface area contributed by atoms with Gasteiger partial charge < -0.3 is 10.5 Å². The minimum atomic E-state index is -0.329. The van der Waals surface area contributed by atoms with Crippen LogP contribution in [0.3, 0.4) is 0 Å². The predicted octanol–water partition coefficient (Wildman–Crippen LogP) is 3.51. The fourth-order valence-corrected chi connectivity index (χ4v) is 2.57. The van der Waals surface area contributed by atoms with Crippen LogP contribution in [0.15, 0.2) is 52.0 Å². The van der Waals surface area contributed by atoms with Crippen molar-refractivity contribution in [3.63, 3.8) is 0 Å². The maximum absolute atomic E-state index is 11.9. The molecular formula is C18H20BrN3O2. The van der Waals surface area contributed by atoms with Crippen molar-refractivity contribution in [3.8, 4) is 5.75 Å². The van der Waals surface area contributed by atoms with Gasteiger partial charge in [0.15, 0.2) is 6.61 Å². The Labute approximate surface area is 150 Å². The maximum Gasteiger partial charge on any atom is 0.277 e. The molecule has 0 spiro atoms. The second-order valence-electron chi connectivity index (χ2n) is 5.26. The number of amides is 1. The molecule has 5 nitrogen and oxygen atoms in total. The molecule has 6 heteroatoms. The van der Waals surface area contributed by atoms with Crippen LogP contribution in [0.25, 0.3) is 0 Å². The highest BCUT2D eigenvalue weighted by atomic mass is 79.9. The predicted molar refractivity (Wildman–Crippen MR) is 100 cm³/mol. The smallest absolute Gasteiger partial charge is 0.277 e. The molecule has 2 aromatic carbocycles. The van der Waals surface area contributed by atoms with E-state index in [0.717, 1.165) is 16.5 Å². The number of ether oxygens (including phenoxy) is 1. The Kier molecular flexibility index (Phi) is 6.37. The number of carbonyl (C=O) groups excluding carboxylic acids is 1. The van der Waals surface area contributed by atoms with E-state index in [0.29, 0.717) is 17.1 Å². The van der Waals surface area contributed by atoms with E-state index < -0.39 is 0 Å². The van der Waals surface area contributed by atoms with E-state index >= 15 is 0 Å².